The smallest absolute Gasteiger partial charge is 0.243 e. The van der Waals surface area contributed by atoms with E-state index in [1.165, 1.54) is 0 Å². The second-order valence-electron chi connectivity index (χ2n) is 6.10. The van der Waals surface area contributed by atoms with Crippen LogP contribution in [0.15, 0.2) is 66.1 Å². The lowest BCUT2D eigenvalue weighted by Crippen LogP contribution is -2.39. The van der Waals surface area contributed by atoms with Gasteiger partial charge in [-0.3, -0.25) is 0 Å². The van der Waals surface area contributed by atoms with Crippen LogP contribution in [0.1, 0.15) is 18.9 Å². The van der Waals surface area contributed by atoms with Crippen LogP contribution in [0.2, 0.25) is 0 Å². The predicted octanol–water partition coefficient (Wildman–Crippen LogP) is 2.09. The fourth-order valence-electron chi connectivity index (χ4n) is 3.21. The van der Waals surface area contributed by atoms with Crippen molar-refractivity contribution in [2.45, 2.75) is 23.8 Å². The van der Waals surface area contributed by atoms with E-state index in [1.54, 1.807) is 22.6 Å². The zero-order chi connectivity index (χ0) is 17.3. The number of piperidine rings is 1. The minimum absolute atomic E-state index is 0.213. The molecule has 25 heavy (non-hydrogen) atoms. The third-order valence-electron chi connectivity index (χ3n) is 4.62. The van der Waals surface area contributed by atoms with Gasteiger partial charge in [0.05, 0.1) is 17.1 Å². The summed E-state index contributed by atoms with van der Waals surface area (Å²) in [5, 5.41) is 7.84. The maximum Gasteiger partial charge on any atom is 0.243 e. The maximum atomic E-state index is 12.9. The molecule has 1 aliphatic rings. The first-order valence-electron chi connectivity index (χ1n) is 8.24. The van der Waals surface area contributed by atoms with Gasteiger partial charge in [0.2, 0.25) is 10.0 Å². The lowest BCUT2D eigenvalue weighted by atomic mass is 10.1. The van der Waals surface area contributed by atoms with Crippen molar-refractivity contribution in [2.75, 3.05) is 13.1 Å². The normalized spacial score (nSPS) is 17.0. The monoisotopic (exact) mass is 357 g/mol. The molecular formula is C17H19N5O2S. The summed E-state index contributed by atoms with van der Waals surface area (Å²) in [4.78, 5) is 0.336. The minimum atomic E-state index is -3.46. The van der Waals surface area contributed by atoms with E-state index in [-0.39, 0.29) is 6.04 Å². The Kier molecular flexibility index (Phi) is 4.14. The van der Waals surface area contributed by atoms with Crippen LogP contribution in [0.3, 0.4) is 0 Å². The standard InChI is InChI=1S/C17H19N5O2S/c23-25(24,17-5-3-15(4-6-17)20-10-1-2-11-20)21-12-7-16(8-13-21)22-14-9-18-19-22/h1-6,9-11,14,16H,7-8,12-13H2. The van der Waals surface area contributed by atoms with Crippen LogP contribution in [0.4, 0.5) is 0 Å². The van der Waals surface area contributed by atoms with Crippen molar-refractivity contribution < 1.29 is 8.42 Å². The number of rotatable bonds is 4. The van der Waals surface area contributed by atoms with E-state index in [2.05, 4.69) is 10.3 Å². The molecule has 4 rings (SSSR count). The van der Waals surface area contributed by atoms with Gasteiger partial charge in [0.1, 0.15) is 0 Å². The largest absolute Gasteiger partial charge is 0.324 e. The van der Waals surface area contributed by atoms with Gasteiger partial charge < -0.3 is 4.57 Å². The van der Waals surface area contributed by atoms with Crippen LogP contribution in [0.25, 0.3) is 5.69 Å². The lowest BCUT2D eigenvalue weighted by Gasteiger charge is -2.31. The average Bonchev–Trinajstić information content (AvgIpc) is 3.36. The van der Waals surface area contributed by atoms with Gasteiger partial charge in [-0.25, -0.2) is 13.1 Å². The van der Waals surface area contributed by atoms with Gasteiger partial charge in [0.25, 0.3) is 0 Å². The van der Waals surface area contributed by atoms with Crippen molar-refractivity contribution in [3.05, 3.63) is 61.2 Å². The zero-order valence-corrected chi connectivity index (χ0v) is 14.5. The molecule has 1 fully saturated rings. The Morgan fingerprint density at radius 1 is 0.960 bits per heavy atom. The Balaban J connectivity index is 1.48. The quantitative estimate of drug-likeness (QED) is 0.717. The summed E-state index contributed by atoms with van der Waals surface area (Å²) in [6.07, 6.45) is 8.81. The molecule has 8 heteroatoms. The topological polar surface area (TPSA) is 73.0 Å². The molecule has 0 spiro atoms. The van der Waals surface area contributed by atoms with Crippen molar-refractivity contribution in [1.29, 1.82) is 0 Å². The van der Waals surface area contributed by atoms with Crippen LogP contribution >= 0.6 is 0 Å². The molecule has 0 saturated carbocycles. The van der Waals surface area contributed by atoms with E-state index >= 15 is 0 Å². The van der Waals surface area contributed by atoms with Crippen LogP contribution < -0.4 is 0 Å². The van der Waals surface area contributed by atoms with Crippen molar-refractivity contribution in [2.24, 2.45) is 0 Å². The highest BCUT2D eigenvalue weighted by Crippen LogP contribution is 2.26. The first-order chi connectivity index (χ1) is 12.1. The van der Waals surface area contributed by atoms with Crippen molar-refractivity contribution in [3.63, 3.8) is 0 Å². The second kappa shape index (κ2) is 6.45. The highest BCUT2D eigenvalue weighted by atomic mass is 32.2. The molecule has 1 aliphatic heterocycles. The fourth-order valence-corrected chi connectivity index (χ4v) is 4.67. The average molecular weight is 357 g/mol. The van der Waals surface area contributed by atoms with Gasteiger partial charge in [-0.1, -0.05) is 5.21 Å². The van der Waals surface area contributed by atoms with Crippen molar-refractivity contribution >= 4 is 10.0 Å². The highest BCUT2D eigenvalue weighted by Gasteiger charge is 2.30. The summed E-state index contributed by atoms with van der Waals surface area (Å²) in [5.41, 5.74) is 0.939. The van der Waals surface area contributed by atoms with Gasteiger partial charge in [-0.2, -0.15) is 4.31 Å². The van der Waals surface area contributed by atoms with E-state index in [0.29, 0.717) is 18.0 Å². The van der Waals surface area contributed by atoms with Gasteiger partial charge >= 0.3 is 0 Å². The molecule has 0 bridgehead atoms. The Morgan fingerprint density at radius 2 is 1.64 bits per heavy atom. The summed E-state index contributed by atoms with van der Waals surface area (Å²) in [7, 11) is -3.46. The minimum Gasteiger partial charge on any atom is -0.324 e. The Hall–Kier alpha value is -2.45. The Morgan fingerprint density at radius 3 is 2.24 bits per heavy atom. The van der Waals surface area contributed by atoms with E-state index in [4.69, 9.17) is 0 Å². The molecule has 0 aliphatic carbocycles. The molecule has 0 radical (unpaired) electrons. The van der Waals surface area contributed by atoms with Crippen molar-refractivity contribution in [1.82, 2.24) is 23.9 Å². The fraction of sp³-hybridized carbons (Fsp3) is 0.294. The van der Waals surface area contributed by atoms with E-state index in [0.717, 1.165) is 18.5 Å². The Bertz CT molecular complexity index is 910. The molecule has 0 N–H and O–H groups in total. The number of aromatic nitrogens is 4. The van der Waals surface area contributed by atoms with Crippen LogP contribution in [-0.4, -0.2) is 45.4 Å². The number of hydrogen-bond donors (Lipinski definition) is 0. The van der Waals surface area contributed by atoms with E-state index in [9.17, 15) is 8.42 Å². The summed E-state index contributed by atoms with van der Waals surface area (Å²) >= 11 is 0. The molecule has 3 aromatic rings. The molecule has 130 valence electrons. The molecular weight excluding hydrogens is 338 g/mol. The van der Waals surface area contributed by atoms with Gasteiger partial charge in [0.15, 0.2) is 0 Å². The number of benzene rings is 1. The Labute approximate surface area is 146 Å². The summed E-state index contributed by atoms with van der Waals surface area (Å²) in [6, 6.07) is 11.1. The third-order valence-corrected chi connectivity index (χ3v) is 6.53. The van der Waals surface area contributed by atoms with Crippen LogP contribution in [0, 0.1) is 0 Å². The van der Waals surface area contributed by atoms with Gasteiger partial charge in [-0.15, -0.1) is 5.10 Å². The number of hydrogen-bond acceptors (Lipinski definition) is 4. The van der Waals surface area contributed by atoms with Gasteiger partial charge in [0, 0.05) is 37.4 Å². The van der Waals surface area contributed by atoms with E-state index < -0.39 is 10.0 Å². The summed E-state index contributed by atoms with van der Waals surface area (Å²) in [5.74, 6) is 0. The third kappa shape index (κ3) is 3.10. The summed E-state index contributed by atoms with van der Waals surface area (Å²) in [6.45, 7) is 0.985. The maximum absolute atomic E-state index is 12.9. The number of nitrogens with zero attached hydrogens (tertiary/aromatic N) is 5. The van der Waals surface area contributed by atoms with Crippen LogP contribution in [-0.2, 0) is 10.0 Å². The van der Waals surface area contributed by atoms with Crippen LogP contribution in [0.5, 0.6) is 0 Å². The van der Waals surface area contributed by atoms with E-state index in [1.807, 2.05) is 52.1 Å². The summed E-state index contributed by atoms with van der Waals surface area (Å²) < 4.78 is 31.0. The SMILES string of the molecule is O=S(=O)(c1ccc(-n2cccc2)cc1)N1CCC(n2ccnn2)CC1. The molecule has 1 aromatic carbocycles. The molecule has 0 amide bonds. The molecule has 1 saturated heterocycles. The highest BCUT2D eigenvalue weighted by molar-refractivity contribution is 7.89. The molecule has 0 unspecified atom stereocenters. The molecule has 2 aromatic heterocycles. The molecule has 7 nitrogen and oxygen atoms in total. The zero-order valence-electron chi connectivity index (χ0n) is 13.6. The first-order valence-corrected chi connectivity index (χ1v) is 9.68. The molecule has 0 atom stereocenters. The number of sulfonamides is 1. The lowest BCUT2D eigenvalue weighted by molar-refractivity contribution is 0.258. The van der Waals surface area contributed by atoms with Gasteiger partial charge in [-0.05, 0) is 49.2 Å². The second-order valence-corrected chi connectivity index (χ2v) is 8.04. The van der Waals surface area contributed by atoms with Crippen molar-refractivity contribution in [3.8, 4) is 5.69 Å². The first kappa shape index (κ1) is 16.0. The predicted molar refractivity (Wildman–Crippen MR) is 92.8 cm³/mol. The molecule has 3 heterocycles.